The smallest absolute Gasteiger partial charge is 0.311 e. The van der Waals surface area contributed by atoms with Gasteiger partial charge in [0.1, 0.15) is 0 Å². The van der Waals surface area contributed by atoms with Crippen molar-refractivity contribution in [1.82, 2.24) is 5.32 Å². The van der Waals surface area contributed by atoms with Crippen molar-refractivity contribution in [3.63, 3.8) is 0 Å². The molecule has 2 fully saturated rings. The molecular formula is C19H22N2O3. The van der Waals surface area contributed by atoms with Gasteiger partial charge >= 0.3 is 5.97 Å². The summed E-state index contributed by atoms with van der Waals surface area (Å²) in [5, 5.41) is 11.9. The molecule has 0 heterocycles. The monoisotopic (exact) mass is 326 g/mol. The minimum atomic E-state index is -0.195. The second-order valence-electron chi connectivity index (χ2n) is 6.78. The molecule has 1 N–H and O–H groups in total. The van der Waals surface area contributed by atoms with Crippen molar-refractivity contribution >= 4 is 11.9 Å². The molecule has 3 rings (SSSR count). The van der Waals surface area contributed by atoms with Crippen molar-refractivity contribution in [1.29, 1.82) is 5.26 Å². The van der Waals surface area contributed by atoms with Gasteiger partial charge in [-0.2, -0.15) is 5.26 Å². The van der Waals surface area contributed by atoms with Gasteiger partial charge < -0.3 is 10.1 Å². The van der Waals surface area contributed by atoms with Crippen molar-refractivity contribution in [2.45, 2.75) is 38.1 Å². The highest BCUT2D eigenvalue weighted by atomic mass is 16.5. The Morgan fingerprint density at radius 2 is 1.96 bits per heavy atom. The predicted octanol–water partition coefficient (Wildman–Crippen LogP) is 2.19. The van der Waals surface area contributed by atoms with E-state index in [1.807, 2.05) is 12.1 Å². The minimum absolute atomic E-state index is 0.0224. The van der Waals surface area contributed by atoms with Gasteiger partial charge in [0.05, 0.1) is 24.7 Å². The average molecular weight is 326 g/mol. The summed E-state index contributed by atoms with van der Waals surface area (Å²) in [6, 6.07) is 9.27. The van der Waals surface area contributed by atoms with Crippen LogP contribution in [0.25, 0.3) is 0 Å². The largest absolute Gasteiger partial charge is 0.469 e. The summed E-state index contributed by atoms with van der Waals surface area (Å²) in [7, 11) is 1.41. The molecule has 1 amide bonds. The molecule has 0 radical (unpaired) electrons. The van der Waals surface area contributed by atoms with E-state index in [1.165, 1.54) is 7.11 Å². The summed E-state index contributed by atoms with van der Waals surface area (Å²) in [6.07, 6.45) is 4.16. The van der Waals surface area contributed by atoms with Crippen LogP contribution in [-0.4, -0.2) is 25.0 Å². The molecule has 4 atom stereocenters. The molecule has 5 nitrogen and oxygen atoms in total. The van der Waals surface area contributed by atoms with Gasteiger partial charge in [-0.1, -0.05) is 12.1 Å². The third-order valence-electron chi connectivity index (χ3n) is 5.44. The first-order chi connectivity index (χ1) is 11.6. The number of hydrogen-bond acceptors (Lipinski definition) is 4. The summed E-state index contributed by atoms with van der Waals surface area (Å²) in [6.45, 7) is 0. The SMILES string of the molecule is COC(=O)[C@@H]1[C@H]2CC[C@@H](C2)[C@H]1NC(=O)CCc1ccc(C#N)cc1. The Labute approximate surface area is 142 Å². The number of nitriles is 1. The Hall–Kier alpha value is -2.35. The predicted molar refractivity (Wildman–Crippen MR) is 87.7 cm³/mol. The van der Waals surface area contributed by atoms with Crippen LogP contribution < -0.4 is 5.32 Å². The Morgan fingerprint density at radius 3 is 2.62 bits per heavy atom. The van der Waals surface area contributed by atoms with E-state index in [0.29, 0.717) is 30.2 Å². The van der Waals surface area contributed by atoms with E-state index in [1.54, 1.807) is 12.1 Å². The van der Waals surface area contributed by atoms with E-state index in [0.717, 1.165) is 24.8 Å². The molecule has 0 spiro atoms. The number of hydrogen-bond donors (Lipinski definition) is 1. The van der Waals surface area contributed by atoms with Crippen LogP contribution in [-0.2, 0) is 20.7 Å². The fourth-order valence-corrected chi connectivity index (χ4v) is 4.24. The molecule has 2 aliphatic carbocycles. The number of carbonyl (C=O) groups excluding carboxylic acids is 2. The molecule has 1 aromatic rings. The lowest BCUT2D eigenvalue weighted by Gasteiger charge is -2.29. The minimum Gasteiger partial charge on any atom is -0.469 e. The maximum absolute atomic E-state index is 12.3. The van der Waals surface area contributed by atoms with Gasteiger partial charge in [-0.3, -0.25) is 9.59 Å². The van der Waals surface area contributed by atoms with Crippen LogP contribution in [0.1, 0.15) is 36.8 Å². The Balaban J connectivity index is 1.56. The number of esters is 1. The normalized spacial score (nSPS) is 27.5. The highest BCUT2D eigenvalue weighted by Gasteiger charge is 2.51. The van der Waals surface area contributed by atoms with Crippen molar-refractivity contribution in [3.05, 3.63) is 35.4 Å². The van der Waals surface area contributed by atoms with Crippen molar-refractivity contribution in [3.8, 4) is 6.07 Å². The number of nitrogens with one attached hydrogen (secondary N) is 1. The van der Waals surface area contributed by atoms with Crippen LogP contribution in [0.4, 0.5) is 0 Å². The van der Waals surface area contributed by atoms with Crippen molar-refractivity contribution < 1.29 is 14.3 Å². The number of aryl methyl sites for hydroxylation is 1. The maximum atomic E-state index is 12.3. The highest BCUT2D eigenvalue weighted by Crippen LogP contribution is 2.48. The molecule has 0 unspecified atom stereocenters. The van der Waals surface area contributed by atoms with E-state index in [4.69, 9.17) is 10.00 Å². The Morgan fingerprint density at radius 1 is 1.25 bits per heavy atom. The van der Waals surface area contributed by atoms with E-state index in [-0.39, 0.29) is 23.8 Å². The molecule has 0 aromatic heterocycles. The zero-order chi connectivity index (χ0) is 17.1. The quantitative estimate of drug-likeness (QED) is 0.841. The number of nitrogens with zero attached hydrogens (tertiary/aromatic N) is 1. The van der Waals surface area contributed by atoms with Gasteiger partial charge in [0, 0.05) is 12.5 Å². The second kappa shape index (κ2) is 7.04. The number of methoxy groups -OCH3 is 1. The maximum Gasteiger partial charge on any atom is 0.311 e. The molecule has 1 aromatic carbocycles. The molecule has 2 saturated carbocycles. The van der Waals surface area contributed by atoms with Gasteiger partial charge in [0.15, 0.2) is 0 Å². The molecule has 0 saturated heterocycles. The third kappa shape index (κ3) is 3.28. The summed E-state index contributed by atoms with van der Waals surface area (Å²) < 4.78 is 4.93. The standard InChI is InChI=1S/C19H22N2O3/c1-24-19(23)17-14-7-8-15(10-14)18(17)21-16(22)9-6-12-2-4-13(11-20)5-3-12/h2-5,14-15,17-18H,6-10H2,1H3,(H,21,22)/t14-,15-,17+,18+/m0/s1. The third-order valence-corrected chi connectivity index (χ3v) is 5.44. The van der Waals surface area contributed by atoms with E-state index in [9.17, 15) is 9.59 Å². The number of carbonyl (C=O) groups is 2. The molecule has 24 heavy (non-hydrogen) atoms. The van der Waals surface area contributed by atoms with Crippen LogP contribution >= 0.6 is 0 Å². The van der Waals surface area contributed by atoms with Crippen molar-refractivity contribution in [2.75, 3.05) is 7.11 Å². The van der Waals surface area contributed by atoms with Gasteiger partial charge in [0.25, 0.3) is 0 Å². The lowest BCUT2D eigenvalue weighted by Crippen LogP contribution is -2.47. The summed E-state index contributed by atoms with van der Waals surface area (Å²) in [5.41, 5.74) is 1.65. The molecule has 0 aliphatic heterocycles. The van der Waals surface area contributed by atoms with Crippen LogP contribution in [0.5, 0.6) is 0 Å². The highest BCUT2D eigenvalue weighted by molar-refractivity contribution is 5.79. The number of ether oxygens (including phenoxy) is 1. The number of fused-ring (bicyclic) bond motifs is 2. The summed E-state index contributed by atoms with van der Waals surface area (Å²) in [4.78, 5) is 24.3. The van der Waals surface area contributed by atoms with Gasteiger partial charge in [0.2, 0.25) is 5.91 Å². The first kappa shape index (κ1) is 16.5. The van der Waals surface area contributed by atoms with Crippen LogP contribution in [0, 0.1) is 29.1 Å². The number of rotatable bonds is 5. The molecular weight excluding hydrogens is 304 g/mol. The number of benzene rings is 1. The molecule has 5 heteroatoms. The van der Waals surface area contributed by atoms with Gasteiger partial charge in [-0.05, 0) is 55.2 Å². The van der Waals surface area contributed by atoms with Gasteiger partial charge in [-0.15, -0.1) is 0 Å². The first-order valence-corrected chi connectivity index (χ1v) is 8.48. The summed E-state index contributed by atoms with van der Waals surface area (Å²) in [5.74, 6) is 0.349. The van der Waals surface area contributed by atoms with E-state index in [2.05, 4.69) is 11.4 Å². The fraction of sp³-hybridized carbons (Fsp3) is 0.526. The van der Waals surface area contributed by atoms with E-state index < -0.39 is 0 Å². The molecule has 2 aliphatic rings. The zero-order valence-electron chi connectivity index (χ0n) is 13.8. The Kier molecular flexibility index (Phi) is 4.84. The van der Waals surface area contributed by atoms with Crippen molar-refractivity contribution in [2.24, 2.45) is 17.8 Å². The fourth-order valence-electron chi connectivity index (χ4n) is 4.24. The van der Waals surface area contributed by atoms with Crippen LogP contribution in [0.3, 0.4) is 0 Å². The average Bonchev–Trinajstić information content (AvgIpc) is 3.21. The number of amides is 1. The lowest BCUT2D eigenvalue weighted by molar-refractivity contribution is -0.148. The Bertz CT molecular complexity index is 662. The van der Waals surface area contributed by atoms with Crippen LogP contribution in [0.15, 0.2) is 24.3 Å². The lowest BCUT2D eigenvalue weighted by atomic mass is 9.84. The molecule has 2 bridgehead atoms. The first-order valence-electron chi connectivity index (χ1n) is 8.48. The van der Waals surface area contributed by atoms with E-state index >= 15 is 0 Å². The topological polar surface area (TPSA) is 79.2 Å². The van der Waals surface area contributed by atoms with Crippen LogP contribution in [0.2, 0.25) is 0 Å². The zero-order valence-corrected chi connectivity index (χ0v) is 13.8. The van der Waals surface area contributed by atoms with Gasteiger partial charge in [-0.25, -0.2) is 0 Å². The second-order valence-corrected chi connectivity index (χ2v) is 6.78. The summed E-state index contributed by atoms with van der Waals surface area (Å²) >= 11 is 0. The molecule has 126 valence electrons.